The zero-order valence-corrected chi connectivity index (χ0v) is 14.6. The molecule has 0 aliphatic carbocycles. The highest BCUT2D eigenvalue weighted by atomic mass is 16.4. The molecule has 26 heavy (non-hydrogen) atoms. The molecule has 2 aromatic carbocycles. The normalized spacial score (nSPS) is 18.0. The van der Waals surface area contributed by atoms with Gasteiger partial charge in [-0.2, -0.15) is 0 Å². The second-order valence-corrected chi connectivity index (χ2v) is 6.67. The molecular formula is C21H20N2O3. The predicted molar refractivity (Wildman–Crippen MR) is 99.8 cm³/mol. The number of nitrogens with one attached hydrogen (secondary N) is 1. The van der Waals surface area contributed by atoms with Crippen LogP contribution in [0.4, 0.5) is 0 Å². The van der Waals surface area contributed by atoms with Crippen LogP contribution in [-0.4, -0.2) is 23.9 Å². The first-order valence-corrected chi connectivity index (χ1v) is 8.72. The van der Waals surface area contributed by atoms with Crippen molar-refractivity contribution >= 4 is 16.9 Å². The minimum atomic E-state index is -0.365. The number of benzene rings is 2. The second-order valence-electron chi connectivity index (χ2n) is 6.67. The van der Waals surface area contributed by atoms with E-state index in [9.17, 15) is 9.59 Å². The van der Waals surface area contributed by atoms with Crippen LogP contribution in [0, 0.1) is 6.92 Å². The van der Waals surface area contributed by atoms with Crippen LogP contribution in [0.3, 0.4) is 0 Å². The molecular weight excluding hydrogens is 328 g/mol. The molecule has 0 saturated carbocycles. The van der Waals surface area contributed by atoms with Crippen molar-refractivity contribution in [1.29, 1.82) is 0 Å². The maximum absolute atomic E-state index is 12.5. The van der Waals surface area contributed by atoms with Crippen LogP contribution in [-0.2, 0) is 11.3 Å². The number of piperazine rings is 1. The van der Waals surface area contributed by atoms with Gasteiger partial charge in [0.25, 0.3) is 0 Å². The first kappa shape index (κ1) is 16.5. The van der Waals surface area contributed by atoms with Gasteiger partial charge in [0.05, 0.1) is 0 Å². The van der Waals surface area contributed by atoms with Crippen molar-refractivity contribution in [2.24, 2.45) is 0 Å². The quantitative estimate of drug-likeness (QED) is 0.740. The summed E-state index contributed by atoms with van der Waals surface area (Å²) in [7, 11) is 0. The lowest BCUT2D eigenvalue weighted by molar-refractivity contribution is -0.129. The Hall–Kier alpha value is -2.92. The maximum atomic E-state index is 12.5. The molecule has 1 N–H and O–H groups in total. The Labute approximate surface area is 151 Å². The van der Waals surface area contributed by atoms with Crippen LogP contribution >= 0.6 is 0 Å². The van der Waals surface area contributed by atoms with Gasteiger partial charge in [0.1, 0.15) is 11.6 Å². The minimum Gasteiger partial charge on any atom is -0.423 e. The van der Waals surface area contributed by atoms with Gasteiger partial charge in [0, 0.05) is 31.1 Å². The van der Waals surface area contributed by atoms with Crippen molar-refractivity contribution in [2.75, 3.05) is 13.1 Å². The average Bonchev–Trinajstić information content (AvgIpc) is 2.62. The lowest BCUT2D eigenvalue weighted by Crippen LogP contribution is -2.49. The zero-order chi connectivity index (χ0) is 18.1. The van der Waals surface area contributed by atoms with Gasteiger partial charge in [0.2, 0.25) is 5.91 Å². The van der Waals surface area contributed by atoms with Gasteiger partial charge in [-0.05, 0) is 29.7 Å². The standard InChI is InChI=1S/C21H20N2O3/c1-14-7-8-17-16(12-19(24)26-18(17)11-14)13-23-10-9-22-21(25)20(23)15-5-3-2-4-6-15/h2-8,11-12,20H,9-10,13H2,1H3,(H,22,25). The van der Waals surface area contributed by atoms with Gasteiger partial charge >= 0.3 is 5.63 Å². The van der Waals surface area contributed by atoms with E-state index in [1.165, 1.54) is 6.07 Å². The van der Waals surface area contributed by atoms with Crippen molar-refractivity contribution in [3.63, 3.8) is 0 Å². The van der Waals surface area contributed by atoms with E-state index in [-0.39, 0.29) is 17.6 Å². The average molecular weight is 348 g/mol. The monoisotopic (exact) mass is 348 g/mol. The molecule has 5 nitrogen and oxygen atoms in total. The van der Waals surface area contributed by atoms with Crippen LogP contribution in [0.25, 0.3) is 11.0 Å². The second kappa shape index (κ2) is 6.77. The Morgan fingerprint density at radius 3 is 2.73 bits per heavy atom. The van der Waals surface area contributed by atoms with Crippen molar-refractivity contribution in [3.05, 3.63) is 81.7 Å². The van der Waals surface area contributed by atoms with Crippen LogP contribution in [0.5, 0.6) is 0 Å². The van der Waals surface area contributed by atoms with Crippen LogP contribution in [0.1, 0.15) is 22.7 Å². The smallest absolute Gasteiger partial charge is 0.336 e. The molecule has 132 valence electrons. The van der Waals surface area contributed by atoms with Gasteiger partial charge in [-0.1, -0.05) is 42.5 Å². The number of rotatable bonds is 3. The number of nitrogens with zero attached hydrogens (tertiary/aromatic N) is 1. The summed E-state index contributed by atoms with van der Waals surface area (Å²) >= 11 is 0. The number of amides is 1. The van der Waals surface area contributed by atoms with Gasteiger partial charge in [0.15, 0.2) is 0 Å². The summed E-state index contributed by atoms with van der Waals surface area (Å²) in [6.45, 7) is 3.80. The lowest BCUT2D eigenvalue weighted by Gasteiger charge is -2.35. The molecule has 2 heterocycles. The third kappa shape index (κ3) is 3.13. The first-order valence-electron chi connectivity index (χ1n) is 8.72. The number of fused-ring (bicyclic) bond motifs is 1. The molecule has 1 saturated heterocycles. The molecule has 3 aromatic rings. The number of carbonyl (C=O) groups excluding carboxylic acids is 1. The summed E-state index contributed by atoms with van der Waals surface area (Å²) in [5.74, 6) is -0.00874. The van der Waals surface area contributed by atoms with E-state index in [1.54, 1.807) is 0 Å². The van der Waals surface area contributed by atoms with E-state index < -0.39 is 0 Å². The Morgan fingerprint density at radius 1 is 1.12 bits per heavy atom. The molecule has 5 heteroatoms. The third-order valence-electron chi connectivity index (χ3n) is 4.79. The van der Waals surface area contributed by atoms with Crippen molar-refractivity contribution in [2.45, 2.75) is 19.5 Å². The summed E-state index contributed by atoms with van der Waals surface area (Å²) in [5.41, 5.74) is 3.10. The van der Waals surface area contributed by atoms with Crippen molar-refractivity contribution < 1.29 is 9.21 Å². The van der Waals surface area contributed by atoms with Crippen LogP contribution in [0.2, 0.25) is 0 Å². The number of carbonyl (C=O) groups is 1. The molecule has 0 radical (unpaired) electrons. The molecule has 1 atom stereocenters. The molecule has 0 bridgehead atoms. The summed E-state index contributed by atoms with van der Waals surface area (Å²) in [5, 5.41) is 3.85. The SMILES string of the molecule is Cc1ccc2c(CN3CCNC(=O)C3c3ccccc3)cc(=O)oc2c1. The van der Waals surface area contributed by atoms with Crippen molar-refractivity contribution in [1.82, 2.24) is 10.2 Å². The highest BCUT2D eigenvalue weighted by Gasteiger charge is 2.31. The van der Waals surface area contributed by atoms with Gasteiger partial charge in [-0.15, -0.1) is 0 Å². The Balaban J connectivity index is 1.74. The molecule has 0 spiro atoms. The fourth-order valence-corrected chi connectivity index (χ4v) is 3.57. The molecule has 1 unspecified atom stereocenters. The van der Waals surface area contributed by atoms with E-state index in [1.807, 2.05) is 55.5 Å². The van der Waals surface area contributed by atoms with Gasteiger partial charge < -0.3 is 9.73 Å². The maximum Gasteiger partial charge on any atom is 0.336 e. The highest BCUT2D eigenvalue weighted by molar-refractivity contribution is 5.84. The van der Waals surface area contributed by atoms with E-state index in [0.29, 0.717) is 18.7 Å². The largest absolute Gasteiger partial charge is 0.423 e. The summed E-state index contributed by atoms with van der Waals surface area (Å²) in [6.07, 6.45) is 0. The molecule has 1 amide bonds. The molecule has 1 aromatic heterocycles. The summed E-state index contributed by atoms with van der Waals surface area (Å²) < 4.78 is 5.35. The molecule has 1 aliphatic rings. The Morgan fingerprint density at radius 2 is 1.92 bits per heavy atom. The van der Waals surface area contributed by atoms with E-state index >= 15 is 0 Å². The van der Waals surface area contributed by atoms with E-state index in [0.717, 1.165) is 28.6 Å². The fourth-order valence-electron chi connectivity index (χ4n) is 3.57. The summed E-state index contributed by atoms with van der Waals surface area (Å²) in [6, 6.07) is 16.8. The van der Waals surface area contributed by atoms with Crippen LogP contribution in [0.15, 0.2) is 63.8 Å². The molecule has 1 fully saturated rings. The fraction of sp³-hybridized carbons (Fsp3) is 0.238. The topological polar surface area (TPSA) is 62.6 Å². The van der Waals surface area contributed by atoms with E-state index in [4.69, 9.17) is 4.42 Å². The van der Waals surface area contributed by atoms with Gasteiger partial charge in [-0.3, -0.25) is 9.69 Å². The first-order chi connectivity index (χ1) is 12.6. The van der Waals surface area contributed by atoms with Crippen molar-refractivity contribution in [3.8, 4) is 0 Å². The summed E-state index contributed by atoms with van der Waals surface area (Å²) in [4.78, 5) is 26.7. The lowest BCUT2D eigenvalue weighted by atomic mass is 10.0. The van der Waals surface area contributed by atoms with Gasteiger partial charge in [-0.25, -0.2) is 4.79 Å². The predicted octanol–water partition coefficient (Wildman–Crippen LogP) is 2.77. The third-order valence-corrected chi connectivity index (χ3v) is 4.79. The van der Waals surface area contributed by atoms with E-state index in [2.05, 4.69) is 10.2 Å². The highest BCUT2D eigenvalue weighted by Crippen LogP contribution is 2.27. The number of hydrogen-bond acceptors (Lipinski definition) is 4. The van der Waals surface area contributed by atoms with Crippen LogP contribution < -0.4 is 10.9 Å². The molecule has 1 aliphatic heterocycles. The Bertz CT molecular complexity index is 1010. The number of aryl methyl sites for hydroxylation is 1. The molecule has 4 rings (SSSR count). The zero-order valence-electron chi connectivity index (χ0n) is 14.6. The Kier molecular flexibility index (Phi) is 4.31. The number of hydrogen-bond donors (Lipinski definition) is 1. The minimum absolute atomic E-state index is 0.00874.